The van der Waals surface area contributed by atoms with Crippen LogP contribution in [0.3, 0.4) is 0 Å². The second-order valence-corrected chi connectivity index (χ2v) is 10.6. The summed E-state index contributed by atoms with van der Waals surface area (Å²) in [5.41, 5.74) is 3.21. The molecule has 0 amide bonds. The Hall–Kier alpha value is -0.870. The molecule has 4 aliphatic carbocycles. The van der Waals surface area contributed by atoms with Gasteiger partial charge in [-0.25, -0.2) is 0 Å². The van der Waals surface area contributed by atoms with Gasteiger partial charge in [0.2, 0.25) is 0 Å². The fraction of sp³-hybridized carbons (Fsp3) is 0.875. The highest BCUT2D eigenvalue weighted by Gasteiger charge is 2.58. The van der Waals surface area contributed by atoms with Gasteiger partial charge in [0, 0.05) is 12.0 Å². The fourth-order valence-corrected chi connectivity index (χ4v) is 7.73. The molecule has 0 aromatic carbocycles. The molecule has 7 unspecified atom stereocenters. The van der Waals surface area contributed by atoms with Gasteiger partial charge in [0.15, 0.2) is 6.29 Å². The molecular formula is C24H37NO3. The van der Waals surface area contributed by atoms with E-state index in [1.54, 1.807) is 5.57 Å². The van der Waals surface area contributed by atoms with Crippen LogP contribution in [-0.4, -0.2) is 29.9 Å². The molecule has 0 aromatic heterocycles. The van der Waals surface area contributed by atoms with Gasteiger partial charge in [0.05, 0.1) is 11.8 Å². The van der Waals surface area contributed by atoms with Crippen LogP contribution >= 0.6 is 0 Å². The van der Waals surface area contributed by atoms with E-state index in [-0.39, 0.29) is 11.7 Å². The largest absolute Gasteiger partial charge is 0.411 e. The zero-order valence-electron chi connectivity index (χ0n) is 17.7. The Morgan fingerprint density at radius 3 is 2.68 bits per heavy atom. The Bertz CT molecular complexity index is 667. The predicted octanol–water partition coefficient (Wildman–Crippen LogP) is 5.69. The van der Waals surface area contributed by atoms with Crippen LogP contribution in [0.1, 0.15) is 84.5 Å². The van der Waals surface area contributed by atoms with Crippen molar-refractivity contribution in [2.75, 3.05) is 6.61 Å². The summed E-state index contributed by atoms with van der Waals surface area (Å²) in [6.07, 6.45) is 15.8. The van der Waals surface area contributed by atoms with Crippen molar-refractivity contribution in [2.24, 2.45) is 33.7 Å². The zero-order valence-corrected chi connectivity index (χ0v) is 17.7. The smallest absolute Gasteiger partial charge is 0.157 e. The first-order valence-corrected chi connectivity index (χ1v) is 11.7. The number of fused-ring (bicyclic) bond motifs is 5. The van der Waals surface area contributed by atoms with Crippen molar-refractivity contribution in [2.45, 2.75) is 96.9 Å². The van der Waals surface area contributed by atoms with Crippen LogP contribution in [0.5, 0.6) is 0 Å². The summed E-state index contributed by atoms with van der Waals surface area (Å²) in [5.74, 6) is 2.23. The van der Waals surface area contributed by atoms with Crippen LogP contribution in [0.4, 0.5) is 0 Å². The van der Waals surface area contributed by atoms with E-state index < -0.39 is 0 Å². The zero-order chi connectivity index (χ0) is 19.4. The Labute approximate surface area is 169 Å². The molecule has 4 nitrogen and oxygen atoms in total. The van der Waals surface area contributed by atoms with E-state index in [0.717, 1.165) is 43.4 Å². The molecule has 7 atom stereocenters. The molecule has 1 saturated heterocycles. The lowest BCUT2D eigenvalue weighted by Crippen LogP contribution is -2.50. The first kappa shape index (κ1) is 19.1. The lowest BCUT2D eigenvalue weighted by Gasteiger charge is -2.57. The van der Waals surface area contributed by atoms with Crippen molar-refractivity contribution in [1.82, 2.24) is 0 Å². The van der Waals surface area contributed by atoms with Crippen molar-refractivity contribution >= 4 is 5.71 Å². The van der Waals surface area contributed by atoms with Crippen molar-refractivity contribution in [3.8, 4) is 0 Å². The van der Waals surface area contributed by atoms with Crippen molar-refractivity contribution in [1.29, 1.82) is 0 Å². The van der Waals surface area contributed by atoms with Crippen molar-refractivity contribution in [3.05, 3.63) is 11.6 Å². The summed E-state index contributed by atoms with van der Waals surface area (Å²) in [6, 6.07) is 0. The molecule has 0 bridgehead atoms. The molecule has 5 aliphatic rings. The minimum Gasteiger partial charge on any atom is -0.411 e. The quantitative estimate of drug-likeness (QED) is 0.376. The average Bonchev–Trinajstić information content (AvgIpc) is 3.05. The summed E-state index contributed by atoms with van der Waals surface area (Å²) in [6.45, 7) is 5.77. The van der Waals surface area contributed by atoms with Crippen molar-refractivity contribution in [3.63, 3.8) is 0 Å². The summed E-state index contributed by atoms with van der Waals surface area (Å²) in [5, 5.41) is 13.2. The highest BCUT2D eigenvalue weighted by atomic mass is 16.7. The summed E-state index contributed by atoms with van der Waals surface area (Å²) >= 11 is 0. The van der Waals surface area contributed by atoms with Crippen LogP contribution in [0.15, 0.2) is 16.8 Å². The Balaban J connectivity index is 1.32. The van der Waals surface area contributed by atoms with Crippen LogP contribution in [0.25, 0.3) is 0 Å². The first-order valence-electron chi connectivity index (χ1n) is 11.7. The van der Waals surface area contributed by atoms with E-state index in [1.165, 1.54) is 51.4 Å². The minimum atomic E-state index is 0.0325. The molecule has 1 N–H and O–H groups in total. The van der Waals surface area contributed by atoms with E-state index in [4.69, 9.17) is 9.47 Å². The van der Waals surface area contributed by atoms with E-state index in [9.17, 15) is 5.21 Å². The Kier molecular flexibility index (Phi) is 4.86. The second kappa shape index (κ2) is 7.12. The van der Waals surface area contributed by atoms with Gasteiger partial charge in [0.25, 0.3) is 0 Å². The van der Waals surface area contributed by atoms with Gasteiger partial charge in [0.1, 0.15) is 0 Å². The standard InChI is InChI=1S/C24H37NO3/c1-23-12-10-17(28-22-5-3-4-14-27-22)15-16(23)6-7-18-19-8-9-21(25-26)24(19,2)13-11-20(18)23/h6,17-20,22,26H,3-5,7-15H2,1-2H3/b25-21+. The summed E-state index contributed by atoms with van der Waals surface area (Å²) in [7, 11) is 0. The van der Waals surface area contributed by atoms with Gasteiger partial charge < -0.3 is 14.7 Å². The van der Waals surface area contributed by atoms with Gasteiger partial charge >= 0.3 is 0 Å². The molecule has 5 rings (SSSR count). The maximum Gasteiger partial charge on any atom is 0.157 e. The van der Waals surface area contributed by atoms with Crippen LogP contribution in [0, 0.1) is 28.6 Å². The number of ether oxygens (including phenoxy) is 2. The third kappa shape index (κ3) is 2.89. The molecule has 3 saturated carbocycles. The van der Waals surface area contributed by atoms with Gasteiger partial charge in [-0.05, 0) is 93.8 Å². The molecule has 0 aromatic rings. The monoisotopic (exact) mass is 387 g/mol. The van der Waals surface area contributed by atoms with E-state index in [0.29, 0.717) is 17.4 Å². The molecule has 28 heavy (non-hydrogen) atoms. The Morgan fingerprint density at radius 1 is 1.07 bits per heavy atom. The maximum atomic E-state index is 9.52. The highest BCUT2D eigenvalue weighted by Crippen LogP contribution is 2.64. The number of hydrogen-bond acceptors (Lipinski definition) is 4. The highest BCUT2D eigenvalue weighted by molar-refractivity contribution is 5.92. The Morgan fingerprint density at radius 2 is 1.89 bits per heavy atom. The predicted molar refractivity (Wildman–Crippen MR) is 109 cm³/mol. The molecule has 1 aliphatic heterocycles. The first-order chi connectivity index (χ1) is 13.5. The normalized spacial score (nSPS) is 49.9. The number of nitrogens with zero attached hydrogens (tertiary/aromatic N) is 1. The molecule has 4 fully saturated rings. The molecular weight excluding hydrogens is 350 g/mol. The summed E-state index contributed by atoms with van der Waals surface area (Å²) in [4.78, 5) is 0. The molecule has 0 spiro atoms. The lowest BCUT2D eigenvalue weighted by atomic mass is 9.48. The molecule has 4 heteroatoms. The van der Waals surface area contributed by atoms with E-state index in [1.807, 2.05) is 0 Å². The fourth-order valence-electron chi connectivity index (χ4n) is 7.73. The van der Waals surface area contributed by atoms with Gasteiger partial charge in [-0.2, -0.15) is 0 Å². The third-order valence-electron chi connectivity index (χ3n) is 9.40. The average molecular weight is 388 g/mol. The lowest BCUT2D eigenvalue weighted by molar-refractivity contribution is -0.195. The van der Waals surface area contributed by atoms with Crippen LogP contribution in [-0.2, 0) is 9.47 Å². The van der Waals surface area contributed by atoms with Gasteiger partial charge in [-0.3, -0.25) is 0 Å². The van der Waals surface area contributed by atoms with E-state index >= 15 is 0 Å². The van der Waals surface area contributed by atoms with Gasteiger partial charge in [-0.15, -0.1) is 0 Å². The second-order valence-electron chi connectivity index (χ2n) is 10.6. The topological polar surface area (TPSA) is 51.0 Å². The molecule has 1 heterocycles. The molecule has 0 radical (unpaired) electrons. The van der Waals surface area contributed by atoms with Crippen molar-refractivity contribution < 1.29 is 14.7 Å². The number of allylic oxidation sites excluding steroid dienone is 1. The van der Waals surface area contributed by atoms with Gasteiger partial charge in [-0.1, -0.05) is 30.7 Å². The molecule has 156 valence electrons. The van der Waals surface area contributed by atoms with Crippen LogP contribution < -0.4 is 0 Å². The SMILES string of the molecule is CC12CCC(OC3CCCCO3)CC1=CCC1C2CCC2(C)/C(=N/O)CCC12. The number of hydrogen-bond donors (Lipinski definition) is 1. The van der Waals surface area contributed by atoms with Crippen LogP contribution in [0.2, 0.25) is 0 Å². The number of rotatable bonds is 2. The van der Waals surface area contributed by atoms with E-state index in [2.05, 4.69) is 25.1 Å². The summed E-state index contributed by atoms with van der Waals surface area (Å²) < 4.78 is 12.2. The third-order valence-corrected chi connectivity index (χ3v) is 9.40. The number of oxime groups is 1. The minimum absolute atomic E-state index is 0.0325. The maximum absolute atomic E-state index is 9.52.